The van der Waals surface area contributed by atoms with Gasteiger partial charge in [0, 0.05) is 23.1 Å². The summed E-state index contributed by atoms with van der Waals surface area (Å²) in [6.07, 6.45) is -6.97. The summed E-state index contributed by atoms with van der Waals surface area (Å²) in [5.74, 6) is -7.17. The Bertz CT molecular complexity index is 1340. The molecule has 0 bridgehead atoms. The molecule has 0 radical (unpaired) electrons. The number of hydrogen-bond donors (Lipinski definition) is 0. The Morgan fingerprint density at radius 1 is 0.897 bits per heavy atom. The van der Waals surface area contributed by atoms with Crippen LogP contribution in [0, 0.1) is 29.2 Å². The maximum absolute atomic E-state index is 14.9. The number of alkyl halides is 2. The largest absolute Gasteiger partial charge is 0.456 e. The predicted molar refractivity (Wildman–Crippen MR) is 122 cm³/mol. The molecule has 4 nitrogen and oxygen atoms in total. The quantitative estimate of drug-likeness (QED) is 0.206. The van der Waals surface area contributed by atoms with E-state index in [0.29, 0.717) is 43.0 Å². The average molecular weight is 560 g/mol. The van der Waals surface area contributed by atoms with Gasteiger partial charge in [-0.3, -0.25) is 0 Å². The summed E-state index contributed by atoms with van der Waals surface area (Å²) in [6.45, 7) is 2.81. The molecule has 0 aliphatic carbocycles. The van der Waals surface area contributed by atoms with Crippen LogP contribution in [0.15, 0.2) is 60.9 Å². The first-order valence-corrected chi connectivity index (χ1v) is 11.5. The van der Waals surface area contributed by atoms with Crippen LogP contribution in [0.3, 0.4) is 0 Å². The summed E-state index contributed by atoms with van der Waals surface area (Å²) in [7, 11) is 0. The van der Waals surface area contributed by atoms with Gasteiger partial charge in [0.1, 0.15) is 28.8 Å². The topological polar surface area (TPSA) is 36.9 Å². The Morgan fingerprint density at radius 3 is 2.13 bits per heavy atom. The molecule has 0 saturated carbocycles. The lowest BCUT2D eigenvalue weighted by Crippen LogP contribution is -2.26. The highest BCUT2D eigenvalue weighted by molar-refractivity contribution is 5.65. The summed E-state index contributed by atoms with van der Waals surface area (Å²) < 4.78 is 132. The summed E-state index contributed by atoms with van der Waals surface area (Å²) >= 11 is 0. The second-order valence-electron chi connectivity index (χ2n) is 8.56. The van der Waals surface area contributed by atoms with Gasteiger partial charge in [-0.05, 0) is 42.3 Å². The van der Waals surface area contributed by atoms with Crippen LogP contribution >= 0.6 is 0 Å². The fourth-order valence-corrected chi connectivity index (χ4v) is 3.84. The van der Waals surface area contributed by atoms with Gasteiger partial charge in [-0.25, -0.2) is 17.6 Å². The number of halogens is 8. The van der Waals surface area contributed by atoms with E-state index in [1.54, 1.807) is 0 Å². The molecular formula is C27H20F8O4. The van der Waals surface area contributed by atoms with Crippen molar-refractivity contribution in [1.29, 1.82) is 0 Å². The van der Waals surface area contributed by atoms with Gasteiger partial charge in [-0.1, -0.05) is 19.1 Å². The first-order valence-electron chi connectivity index (χ1n) is 11.5. The molecule has 1 heterocycles. The van der Waals surface area contributed by atoms with Gasteiger partial charge in [0.05, 0.1) is 13.2 Å². The molecule has 208 valence electrons. The zero-order valence-corrected chi connectivity index (χ0v) is 20.1. The molecule has 1 fully saturated rings. The minimum Gasteiger partial charge on any atom is -0.456 e. The molecule has 1 aliphatic heterocycles. The SMILES string of the molecule is CCC1COC(c2ccc(-c3cc(F)c(C(F)(F)Oc4ccc(OC=C(F)F)c(F)c4)c(F)c3)c(F)c2)OC1. The molecule has 0 atom stereocenters. The molecule has 4 rings (SSSR count). The number of rotatable bonds is 8. The maximum atomic E-state index is 14.9. The van der Waals surface area contributed by atoms with E-state index in [4.69, 9.17) is 9.47 Å². The van der Waals surface area contributed by atoms with Crippen LogP contribution in [0.2, 0.25) is 0 Å². The van der Waals surface area contributed by atoms with Crippen LogP contribution in [0.1, 0.15) is 30.8 Å². The van der Waals surface area contributed by atoms with Crippen molar-refractivity contribution in [2.24, 2.45) is 5.92 Å². The van der Waals surface area contributed by atoms with Crippen LogP contribution in [-0.2, 0) is 15.6 Å². The zero-order chi connectivity index (χ0) is 28.3. The van der Waals surface area contributed by atoms with Crippen molar-refractivity contribution in [3.05, 3.63) is 95.3 Å². The summed E-state index contributed by atoms with van der Waals surface area (Å²) in [4.78, 5) is 0. The van der Waals surface area contributed by atoms with Crippen LogP contribution in [-0.4, -0.2) is 13.2 Å². The molecule has 1 saturated heterocycles. The van der Waals surface area contributed by atoms with Crippen molar-refractivity contribution in [2.75, 3.05) is 13.2 Å². The van der Waals surface area contributed by atoms with Gasteiger partial charge in [0.25, 0.3) is 0 Å². The van der Waals surface area contributed by atoms with Crippen LogP contribution in [0.25, 0.3) is 11.1 Å². The van der Waals surface area contributed by atoms with Crippen LogP contribution in [0.5, 0.6) is 11.5 Å². The highest BCUT2D eigenvalue weighted by Gasteiger charge is 2.41. The summed E-state index contributed by atoms with van der Waals surface area (Å²) in [6, 6.07) is 6.49. The van der Waals surface area contributed by atoms with Crippen molar-refractivity contribution in [1.82, 2.24) is 0 Å². The molecule has 0 amide bonds. The van der Waals surface area contributed by atoms with Crippen molar-refractivity contribution in [3.63, 3.8) is 0 Å². The number of benzene rings is 3. The third-order valence-electron chi connectivity index (χ3n) is 5.88. The Morgan fingerprint density at radius 2 is 1.56 bits per heavy atom. The predicted octanol–water partition coefficient (Wildman–Crippen LogP) is 8.23. The molecular weight excluding hydrogens is 540 g/mol. The molecule has 0 aromatic heterocycles. The van der Waals surface area contributed by atoms with Gasteiger partial charge in [0.15, 0.2) is 24.1 Å². The van der Waals surface area contributed by atoms with Gasteiger partial charge >= 0.3 is 12.2 Å². The van der Waals surface area contributed by atoms with Gasteiger partial charge < -0.3 is 18.9 Å². The van der Waals surface area contributed by atoms with Gasteiger partial charge in [-0.15, -0.1) is 0 Å². The number of ether oxygens (including phenoxy) is 4. The Balaban J connectivity index is 1.55. The normalized spacial score (nSPS) is 17.6. The maximum Gasteiger partial charge on any atom is 0.432 e. The Labute approximate surface area is 217 Å². The second-order valence-corrected chi connectivity index (χ2v) is 8.56. The molecule has 3 aromatic carbocycles. The molecule has 1 aliphatic rings. The monoisotopic (exact) mass is 560 g/mol. The van der Waals surface area contributed by atoms with Crippen molar-refractivity contribution >= 4 is 0 Å². The van der Waals surface area contributed by atoms with E-state index in [1.807, 2.05) is 6.92 Å². The minimum absolute atomic E-state index is 0.0741. The lowest BCUT2D eigenvalue weighted by molar-refractivity contribution is -0.205. The van der Waals surface area contributed by atoms with Crippen molar-refractivity contribution in [3.8, 4) is 22.6 Å². The molecule has 0 spiro atoms. The van der Waals surface area contributed by atoms with Gasteiger partial charge in [0.2, 0.25) is 0 Å². The highest BCUT2D eigenvalue weighted by Crippen LogP contribution is 2.39. The zero-order valence-electron chi connectivity index (χ0n) is 20.1. The van der Waals surface area contributed by atoms with Crippen molar-refractivity contribution in [2.45, 2.75) is 25.7 Å². The Kier molecular flexibility index (Phi) is 8.45. The van der Waals surface area contributed by atoms with E-state index in [1.165, 1.54) is 12.1 Å². The van der Waals surface area contributed by atoms with E-state index in [0.717, 1.165) is 18.6 Å². The Hall–Kier alpha value is -3.64. The second kappa shape index (κ2) is 11.6. The third-order valence-corrected chi connectivity index (χ3v) is 5.88. The summed E-state index contributed by atoms with van der Waals surface area (Å²) in [5.41, 5.74) is -2.12. The molecule has 39 heavy (non-hydrogen) atoms. The van der Waals surface area contributed by atoms with E-state index in [-0.39, 0.29) is 23.3 Å². The van der Waals surface area contributed by atoms with Crippen LogP contribution < -0.4 is 9.47 Å². The van der Waals surface area contributed by atoms with E-state index >= 15 is 0 Å². The van der Waals surface area contributed by atoms with E-state index < -0.39 is 58.8 Å². The van der Waals surface area contributed by atoms with E-state index in [9.17, 15) is 35.1 Å². The lowest BCUT2D eigenvalue weighted by atomic mass is 10.00. The first-order chi connectivity index (χ1) is 18.5. The first kappa shape index (κ1) is 28.4. The molecule has 3 aromatic rings. The van der Waals surface area contributed by atoms with Gasteiger partial charge in [-0.2, -0.15) is 17.6 Å². The molecule has 0 N–H and O–H groups in total. The third kappa shape index (κ3) is 6.51. The smallest absolute Gasteiger partial charge is 0.432 e. The molecule has 0 unspecified atom stereocenters. The standard InChI is InChI=1S/C27H20F8O4/c1-2-14-11-37-26(38-12-14)15-3-5-18(19(28)7-15)16-8-21(30)25(22(31)9-16)27(34,35)39-17-4-6-23(20(29)10-17)36-13-24(32)33/h3-10,13-14,26H,2,11-12H2,1H3. The van der Waals surface area contributed by atoms with Crippen LogP contribution in [0.4, 0.5) is 35.1 Å². The molecule has 12 heteroatoms. The fourth-order valence-electron chi connectivity index (χ4n) is 3.84. The minimum atomic E-state index is -4.64. The average Bonchev–Trinajstić information content (AvgIpc) is 2.87. The lowest BCUT2D eigenvalue weighted by Gasteiger charge is -2.29. The highest BCUT2D eigenvalue weighted by atomic mass is 19.3. The fraction of sp³-hybridized carbons (Fsp3) is 0.259. The van der Waals surface area contributed by atoms with E-state index in [2.05, 4.69) is 9.47 Å². The van der Waals surface area contributed by atoms with Crippen molar-refractivity contribution < 1.29 is 54.1 Å². The summed E-state index contributed by atoms with van der Waals surface area (Å²) in [5, 5.41) is 0. The number of hydrogen-bond acceptors (Lipinski definition) is 4.